The molecule has 0 bridgehead atoms. The van der Waals surface area contributed by atoms with E-state index in [1.165, 1.54) is 36.3 Å². The molecule has 4 aromatic carbocycles. The van der Waals surface area contributed by atoms with Crippen LogP contribution in [0.15, 0.2) is 102 Å². The van der Waals surface area contributed by atoms with Crippen molar-refractivity contribution in [3.05, 3.63) is 123 Å². The van der Waals surface area contributed by atoms with Gasteiger partial charge in [-0.1, -0.05) is 103 Å². The number of methoxy groups -OCH3 is 1. The van der Waals surface area contributed by atoms with Crippen LogP contribution in [-0.4, -0.2) is 51.4 Å². The van der Waals surface area contributed by atoms with E-state index < -0.39 is 28.5 Å². The van der Waals surface area contributed by atoms with Gasteiger partial charge < -0.3 is 15.0 Å². The summed E-state index contributed by atoms with van der Waals surface area (Å²) in [5.41, 5.74) is 1.49. The monoisotopic (exact) mass is 715 g/mol. The number of amides is 2. The second kappa shape index (κ2) is 16.9. The van der Waals surface area contributed by atoms with E-state index in [9.17, 15) is 18.0 Å². The molecule has 0 unspecified atom stereocenters. The van der Waals surface area contributed by atoms with Gasteiger partial charge in [0.05, 0.1) is 27.7 Å². The number of carbonyl (C=O) groups excluding carboxylic acids is 2. The van der Waals surface area contributed by atoms with E-state index in [1.807, 2.05) is 37.3 Å². The summed E-state index contributed by atoms with van der Waals surface area (Å²) in [6.45, 7) is 1.71. The number of benzene rings is 4. The first-order chi connectivity index (χ1) is 22.5. The lowest BCUT2D eigenvalue weighted by Gasteiger charge is -2.34. The number of nitrogens with zero attached hydrogens (tertiary/aromatic N) is 2. The Balaban J connectivity index is 1.84. The Kier molecular flexibility index (Phi) is 13.0. The van der Waals surface area contributed by atoms with E-state index in [0.717, 1.165) is 22.7 Å². The first-order valence-electron chi connectivity index (χ1n) is 15.0. The normalized spacial score (nSPS) is 11.9. The van der Waals surface area contributed by atoms with Crippen molar-refractivity contribution in [2.24, 2.45) is 0 Å². The Hall–Kier alpha value is -3.76. The molecular weight excluding hydrogens is 681 g/mol. The number of rotatable bonds is 15. The van der Waals surface area contributed by atoms with Crippen molar-refractivity contribution in [3.8, 4) is 5.75 Å². The number of hydrogen-bond acceptors (Lipinski definition) is 5. The van der Waals surface area contributed by atoms with E-state index in [0.29, 0.717) is 17.1 Å². The lowest BCUT2D eigenvalue weighted by Crippen LogP contribution is -2.53. The Bertz CT molecular complexity index is 1780. The van der Waals surface area contributed by atoms with Crippen LogP contribution in [0, 0.1) is 0 Å². The molecule has 0 saturated carbocycles. The summed E-state index contributed by atoms with van der Waals surface area (Å²) in [6.07, 6.45) is 1.79. The lowest BCUT2D eigenvalue weighted by molar-refractivity contribution is -0.140. The summed E-state index contributed by atoms with van der Waals surface area (Å²) in [6, 6.07) is 25.5. The molecule has 8 nitrogen and oxygen atoms in total. The largest absolute Gasteiger partial charge is 0.495 e. The summed E-state index contributed by atoms with van der Waals surface area (Å²) in [7, 11) is -2.93. The highest BCUT2D eigenvalue weighted by atomic mass is 35.5. The number of anilines is 1. The van der Waals surface area contributed by atoms with E-state index in [-0.39, 0.29) is 45.3 Å². The Morgan fingerprint density at radius 2 is 1.53 bits per heavy atom. The van der Waals surface area contributed by atoms with Gasteiger partial charge >= 0.3 is 0 Å². The number of hydrogen-bond donors (Lipinski definition) is 1. The van der Waals surface area contributed by atoms with Crippen molar-refractivity contribution in [1.82, 2.24) is 10.2 Å². The minimum Gasteiger partial charge on any atom is -0.495 e. The molecule has 4 rings (SSSR count). The van der Waals surface area contributed by atoms with Crippen LogP contribution in [0.5, 0.6) is 5.75 Å². The molecule has 0 aliphatic rings. The van der Waals surface area contributed by atoms with Gasteiger partial charge in [0.1, 0.15) is 18.3 Å². The van der Waals surface area contributed by atoms with Gasteiger partial charge in [0.2, 0.25) is 11.8 Å². The predicted molar refractivity (Wildman–Crippen MR) is 188 cm³/mol. The molecule has 0 aromatic heterocycles. The fourth-order valence-electron chi connectivity index (χ4n) is 4.99. The van der Waals surface area contributed by atoms with Gasteiger partial charge in [0.25, 0.3) is 10.0 Å². The summed E-state index contributed by atoms with van der Waals surface area (Å²) in [5, 5.41) is 3.82. The van der Waals surface area contributed by atoms with Crippen LogP contribution in [0.25, 0.3) is 0 Å². The zero-order chi connectivity index (χ0) is 34.0. The number of unbranched alkanes of at least 4 members (excludes halogenated alkanes) is 1. The van der Waals surface area contributed by atoms with Crippen molar-refractivity contribution in [3.63, 3.8) is 0 Å². The molecule has 2 amide bonds. The van der Waals surface area contributed by atoms with Crippen LogP contribution in [0.2, 0.25) is 15.1 Å². The first kappa shape index (κ1) is 36.1. The molecular formula is C35H36Cl3N3O5S. The topological polar surface area (TPSA) is 96.0 Å². The van der Waals surface area contributed by atoms with Crippen molar-refractivity contribution < 1.29 is 22.7 Å². The summed E-state index contributed by atoms with van der Waals surface area (Å²) in [5.74, 6) is -0.812. The van der Waals surface area contributed by atoms with Crippen LogP contribution in [-0.2, 0) is 32.6 Å². The molecule has 12 heteroatoms. The smallest absolute Gasteiger partial charge is 0.264 e. The molecule has 0 radical (unpaired) electrons. The second-order valence-electron chi connectivity index (χ2n) is 10.8. The quantitative estimate of drug-likeness (QED) is 0.129. The maximum Gasteiger partial charge on any atom is 0.264 e. The Morgan fingerprint density at radius 1 is 0.851 bits per heavy atom. The SMILES string of the molecule is CCCCNC(=O)[C@@H](Cc1ccccc1)N(Cc1ccc(Cl)c(Cl)c1)C(=O)CN(c1cc(Cl)ccc1OC)S(=O)(=O)c1ccccc1. The molecule has 0 spiro atoms. The summed E-state index contributed by atoms with van der Waals surface area (Å²) in [4.78, 5) is 29.8. The van der Waals surface area contributed by atoms with Crippen LogP contribution in [0.4, 0.5) is 5.69 Å². The average Bonchev–Trinajstić information content (AvgIpc) is 3.07. The van der Waals surface area contributed by atoms with Crippen molar-refractivity contribution in [1.29, 1.82) is 0 Å². The van der Waals surface area contributed by atoms with Gasteiger partial charge in [0, 0.05) is 24.5 Å². The average molecular weight is 717 g/mol. The van der Waals surface area contributed by atoms with E-state index in [2.05, 4.69) is 5.32 Å². The molecule has 0 aliphatic carbocycles. The molecule has 0 saturated heterocycles. The third kappa shape index (κ3) is 9.41. The van der Waals surface area contributed by atoms with Gasteiger partial charge in [0.15, 0.2) is 0 Å². The zero-order valence-corrected chi connectivity index (χ0v) is 29.1. The standard InChI is InChI=1S/C35H36Cl3N3O5S/c1-3-4-19-39-35(43)32(21-25-11-7-5-8-12-25)40(23-26-15-17-29(37)30(38)20-26)34(42)24-41(31-22-27(36)16-18-33(31)46-2)47(44,45)28-13-9-6-10-14-28/h5-18,20,22,32H,3-4,19,21,23-24H2,1-2H3,(H,39,43)/t32-/m1/s1. The fourth-order valence-corrected chi connectivity index (χ4v) is 6.91. The summed E-state index contributed by atoms with van der Waals surface area (Å²) < 4.78 is 34.9. The first-order valence-corrected chi connectivity index (χ1v) is 17.6. The lowest BCUT2D eigenvalue weighted by atomic mass is 10.0. The third-order valence-corrected chi connectivity index (χ3v) is 10.2. The molecule has 0 fully saturated rings. The third-order valence-electron chi connectivity index (χ3n) is 7.46. The van der Waals surface area contributed by atoms with Crippen molar-refractivity contribution in [2.45, 2.75) is 43.7 Å². The van der Waals surface area contributed by atoms with Crippen LogP contribution < -0.4 is 14.4 Å². The molecule has 0 heterocycles. The highest BCUT2D eigenvalue weighted by Gasteiger charge is 2.35. The fraction of sp³-hybridized carbons (Fsp3) is 0.257. The number of nitrogens with one attached hydrogen (secondary N) is 1. The number of ether oxygens (including phenoxy) is 1. The van der Waals surface area contributed by atoms with Gasteiger partial charge in [-0.2, -0.15) is 0 Å². The molecule has 1 atom stereocenters. The van der Waals surface area contributed by atoms with E-state index in [1.54, 1.807) is 42.5 Å². The number of halogens is 3. The predicted octanol–water partition coefficient (Wildman–Crippen LogP) is 7.41. The second-order valence-corrected chi connectivity index (χ2v) is 13.9. The highest BCUT2D eigenvalue weighted by molar-refractivity contribution is 7.92. The van der Waals surface area contributed by atoms with Gasteiger partial charge in [-0.15, -0.1) is 0 Å². The minimum absolute atomic E-state index is 0.0380. The van der Waals surface area contributed by atoms with Crippen LogP contribution >= 0.6 is 34.8 Å². The Morgan fingerprint density at radius 3 is 2.17 bits per heavy atom. The zero-order valence-electron chi connectivity index (χ0n) is 26.0. The highest BCUT2D eigenvalue weighted by Crippen LogP contribution is 2.35. The van der Waals surface area contributed by atoms with Crippen LogP contribution in [0.3, 0.4) is 0 Å². The van der Waals surface area contributed by atoms with Gasteiger partial charge in [-0.3, -0.25) is 13.9 Å². The Labute approximate surface area is 291 Å². The van der Waals surface area contributed by atoms with E-state index >= 15 is 0 Å². The molecule has 0 aliphatic heterocycles. The number of carbonyl (C=O) groups is 2. The van der Waals surface area contributed by atoms with E-state index in [4.69, 9.17) is 39.5 Å². The maximum atomic E-state index is 14.6. The molecule has 248 valence electrons. The van der Waals surface area contributed by atoms with Gasteiger partial charge in [-0.05, 0) is 60.0 Å². The van der Waals surface area contributed by atoms with Crippen molar-refractivity contribution >= 4 is 62.3 Å². The van der Waals surface area contributed by atoms with Crippen LogP contribution in [0.1, 0.15) is 30.9 Å². The number of sulfonamides is 1. The summed E-state index contributed by atoms with van der Waals surface area (Å²) >= 11 is 18.9. The van der Waals surface area contributed by atoms with Crippen molar-refractivity contribution in [2.75, 3.05) is 24.5 Å². The minimum atomic E-state index is -4.33. The van der Waals surface area contributed by atoms with Gasteiger partial charge in [-0.25, -0.2) is 8.42 Å². The molecule has 1 N–H and O–H groups in total. The molecule has 4 aromatic rings. The maximum absolute atomic E-state index is 14.6. The molecule has 47 heavy (non-hydrogen) atoms.